The third-order valence-corrected chi connectivity index (χ3v) is 11.3. The predicted molar refractivity (Wildman–Crippen MR) is 180 cm³/mol. The first-order valence-electron chi connectivity index (χ1n) is 16.6. The van der Waals surface area contributed by atoms with E-state index in [4.69, 9.17) is 0 Å². The number of aromatic nitrogens is 1. The van der Waals surface area contributed by atoms with Crippen LogP contribution in [0.2, 0.25) is 0 Å². The summed E-state index contributed by atoms with van der Waals surface area (Å²) in [6.07, 6.45) is 4.45. The van der Waals surface area contributed by atoms with Crippen LogP contribution in [0.1, 0.15) is 80.5 Å². The summed E-state index contributed by atoms with van der Waals surface area (Å²) in [5, 5.41) is 16.5. The van der Waals surface area contributed by atoms with Gasteiger partial charge in [0, 0.05) is 30.6 Å². The molecule has 3 aliphatic rings. The number of carbonyl (C=O) groups is 1. The molecular formula is C37H38F3N3O3S. The zero-order chi connectivity index (χ0) is 32.7. The molecule has 0 saturated heterocycles. The summed E-state index contributed by atoms with van der Waals surface area (Å²) < 4.78 is 45.9. The molecule has 2 fully saturated rings. The van der Waals surface area contributed by atoms with Crippen LogP contribution in [0.5, 0.6) is 0 Å². The fourth-order valence-electron chi connectivity index (χ4n) is 7.66. The molecule has 1 atom stereocenters. The van der Waals surface area contributed by atoms with Gasteiger partial charge >= 0.3 is 12.1 Å². The molecule has 3 aromatic carbocycles. The van der Waals surface area contributed by atoms with E-state index in [1.165, 1.54) is 22.6 Å². The number of alkyl halides is 3. The number of carboxylic acid groups (broad SMARTS) is 1. The molecule has 7 rings (SSSR count). The van der Waals surface area contributed by atoms with E-state index in [1.54, 1.807) is 6.07 Å². The Kier molecular flexibility index (Phi) is 8.82. The molecule has 0 bridgehead atoms. The molecule has 10 heteroatoms. The van der Waals surface area contributed by atoms with Crippen molar-refractivity contribution < 1.29 is 23.1 Å². The maximum absolute atomic E-state index is 14.7. The van der Waals surface area contributed by atoms with Crippen molar-refractivity contribution in [2.24, 2.45) is 0 Å². The van der Waals surface area contributed by atoms with Crippen LogP contribution in [0.3, 0.4) is 0 Å². The number of pyridine rings is 1. The van der Waals surface area contributed by atoms with Gasteiger partial charge in [-0.05, 0) is 77.2 Å². The summed E-state index contributed by atoms with van der Waals surface area (Å²) in [5.74, 6) is -1.13. The van der Waals surface area contributed by atoms with Crippen molar-refractivity contribution in [3.63, 3.8) is 0 Å². The fourth-order valence-corrected chi connectivity index (χ4v) is 9.08. The summed E-state index contributed by atoms with van der Waals surface area (Å²) >= 11 is 1.34. The van der Waals surface area contributed by atoms with E-state index in [-0.39, 0.29) is 25.0 Å². The predicted octanol–water partition coefficient (Wildman–Crippen LogP) is 8.91. The topological polar surface area (TPSA) is 74.6 Å². The van der Waals surface area contributed by atoms with Crippen molar-refractivity contribution in [1.82, 2.24) is 8.87 Å². The lowest BCUT2D eigenvalue weighted by Crippen LogP contribution is -2.46. The number of anilines is 1. The van der Waals surface area contributed by atoms with E-state index in [2.05, 4.69) is 9.62 Å². The van der Waals surface area contributed by atoms with Gasteiger partial charge < -0.3 is 10.4 Å². The molecule has 2 aliphatic carbocycles. The molecule has 2 heterocycles. The number of rotatable bonds is 7. The normalized spacial score (nSPS) is 19.6. The van der Waals surface area contributed by atoms with Crippen LogP contribution in [0.25, 0.3) is 21.9 Å². The summed E-state index contributed by atoms with van der Waals surface area (Å²) in [7, 11) is 0. The molecular weight excluding hydrogens is 623 g/mol. The molecule has 1 aliphatic heterocycles. The number of hydrogen-bond acceptors (Lipinski definition) is 5. The largest absolute Gasteiger partial charge is 0.480 e. The van der Waals surface area contributed by atoms with Crippen LogP contribution in [-0.4, -0.2) is 38.6 Å². The van der Waals surface area contributed by atoms with Gasteiger partial charge in [-0.2, -0.15) is 13.2 Å². The van der Waals surface area contributed by atoms with E-state index < -0.39 is 29.3 Å². The van der Waals surface area contributed by atoms with Gasteiger partial charge in [0.15, 0.2) is 0 Å². The standard InChI is InChI=1S/C37H38F3N3O3S/c38-37(39,40)26-14-9-13-25(20-26)32-30(21-24-12-8-11-23-10-4-7-19-29(23)24)33(41-27-15-5-6-16-27)34(44)43-31(36(45)46)22-42(47-35(32)43)28-17-2-1-3-18-28/h4,7-14,19-20,27-28,31,41H,1-3,5-6,15-18,21-22H2,(H,45,46). The average molecular weight is 662 g/mol. The number of halogens is 3. The Hall–Kier alpha value is -3.76. The summed E-state index contributed by atoms with van der Waals surface area (Å²) in [4.78, 5) is 27.7. The fraction of sp³-hybridized carbons (Fsp3) is 0.405. The third kappa shape index (κ3) is 6.29. The summed E-state index contributed by atoms with van der Waals surface area (Å²) in [6.45, 7) is 0.144. The molecule has 4 aromatic rings. The lowest BCUT2D eigenvalue weighted by molar-refractivity contribution is -0.141. The van der Waals surface area contributed by atoms with Crippen LogP contribution < -0.4 is 10.9 Å². The van der Waals surface area contributed by atoms with E-state index in [9.17, 15) is 27.9 Å². The van der Waals surface area contributed by atoms with Crippen molar-refractivity contribution >= 4 is 34.4 Å². The SMILES string of the molecule is O=C(O)C1CN(C2CCCCC2)Sc2c(-c3cccc(C(F)(F)F)c3)c(Cc3cccc4ccccc34)c(NC3CCCC3)c(=O)n21. The molecule has 0 radical (unpaired) electrons. The van der Waals surface area contributed by atoms with Crippen LogP contribution >= 0.6 is 11.9 Å². The first kappa shape index (κ1) is 31.8. The number of fused-ring (bicyclic) bond motifs is 2. The number of benzene rings is 3. The van der Waals surface area contributed by atoms with Crippen LogP contribution in [-0.2, 0) is 17.4 Å². The van der Waals surface area contributed by atoms with Crippen molar-refractivity contribution in [2.45, 2.75) is 93.5 Å². The molecule has 1 unspecified atom stereocenters. The van der Waals surface area contributed by atoms with Crippen molar-refractivity contribution in [2.75, 3.05) is 11.9 Å². The van der Waals surface area contributed by atoms with Gasteiger partial charge in [-0.25, -0.2) is 9.10 Å². The van der Waals surface area contributed by atoms with Crippen molar-refractivity contribution in [3.05, 3.63) is 93.8 Å². The molecule has 2 N–H and O–H groups in total. The highest BCUT2D eigenvalue weighted by molar-refractivity contribution is 7.97. The Morgan fingerprint density at radius 2 is 1.62 bits per heavy atom. The second kappa shape index (κ2) is 13.0. The van der Waals surface area contributed by atoms with Crippen molar-refractivity contribution in [3.8, 4) is 11.1 Å². The van der Waals surface area contributed by atoms with E-state index >= 15 is 0 Å². The van der Waals surface area contributed by atoms with Crippen LogP contribution in [0.4, 0.5) is 18.9 Å². The van der Waals surface area contributed by atoms with Gasteiger partial charge in [-0.1, -0.05) is 86.7 Å². The molecule has 0 amide bonds. The molecule has 6 nitrogen and oxygen atoms in total. The quantitative estimate of drug-likeness (QED) is 0.193. The Morgan fingerprint density at radius 3 is 2.36 bits per heavy atom. The summed E-state index contributed by atoms with van der Waals surface area (Å²) in [5.41, 5.74) is 1.42. The molecule has 47 heavy (non-hydrogen) atoms. The number of nitrogens with zero attached hydrogens (tertiary/aromatic N) is 2. The highest BCUT2D eigenvalue weighted by Crippen LogP contribution is 2.46. The van der Waals surface area contributed by atoms with Gasteiger partial charge in [0.25, 0.3) is 5.56 Å². The van der Waals surface area contributed by atoms with Gasteiger partial charge in [0.05, 0.1) is 5.56 Å². The second-order valence-electron chi connectivity index (χ2n) is 13.1. The van der Waals surface area contributed by atoms with E-state index in [1.807, 2.05) is 42.5 Å². The summed E-state index contributed by atoms with van der Waals surface area (Å²) in [6, 6.07) is 18.1. The Morgan fingerprint density at radius 1 is 0.915 bits per heavy atom. The molecule has 1 aromatic heterocycles. The lowest BCUT2D eigenvalue weighted by atomic mass is 9.91. The lowest BCUT2D eigenvalue weighted by Gasteiger charge is -2.40. The zero-order valence-electron chi connectivity index (χ0n) is 26.1. The minimum atomic E-state index is -4.58. The van der Waals surface area contributed by atoms with E-state index in [0.717, 1.165) is 86.3 Å². The smallest absolute Gasteiger partial charge is 0.416 e. The van der Waals surface area contributed by atoms with Gasteiger partial charge in [0.2, 0.25) is 0 Å². The van der Waals surface area contributed by atoms with Gasteiger partial charge in [0.1, 0.15) is 16.8 Å². The number of hydrogen-bond donors (Lipinski definition) is 2. The van der Waals surface area contributed by atoms with Gasteiger partial charge in [-0.15, -0.1) is 0 Å². The number of nitrogens with one attached hydrogen (secondary N) is 1. The van der Waals surface area contributed by atoms with Crippen LogP contribution in [0, 0.1) is 0 Å². The van der Waals surface area contributed by atoms with E-state index in [0.29, 0.717) is 27.4 Å². The third-order valence-electron chi connectivity index (χ3n) is 10.0. The minimum absolute atomic E-state index is 0.0141. The van der Waals surface area contributed by atoms with Gasteiger partial charge in [-0.3, -0.25) is 9.36 Å². The van der Waals surface area contributed by atoms with Crippen LogP contribution in [0.15, 0.2) is 76.6 Å². The molecule has 0 spiro atoms. The first-order valence-corrected chi connectivity index (χ1v) is 17.4. The average Bonchev–Trinajstić information content (AvgIpc) is 3.59. The molecule has 246 valence electrons. The maximum Gasteiger partial charge on any atom is 0.416 e. The van der Waals surface area contributed by atoms with Crippen molar-refractivity contribution in [1.29, 1.82) is 0 Å². The Labute approximate surface area is 276 Å². The Bertz CT molecular complexity index is 1860. The zero-order valence-corrected chi connectivity index (χ0v) is 26.9. The first-order chi connectivity index (χ1) is 22.7. The number of aliphatic carboxylic acids is 1. The second-order valence-corrected chi connectivity index (χ2v) is 14.1. The maximum atomic E-state index is 14.7. The Balaban J connectivity index is 1.52. The highest BCUT2D eigenvalue weighted by Gasteiger charge is 2.40. The monoisotopic (exact) mass is 661 g/mol. The highest BCUT2D eigenvalue weighted by atomic mass is 32.2. The molecule has 2 saturated carbocycles. The minimum Gasteiger partial charge on any atom is -0.480 e. The number of carboxylic acids is 1.